The highest BCUT2D eigenvalue weighted by molar-refractivity contribution is 7.14. The fourth-order valence-corrected chi connectivity index (χ4v) is 3.39. The molecule has 0 fully saturated rings. The number of hydrogen-bond donors (Lipinski definition) is 1. The molecule has 0 spiro atoms. The molecule has 0 saturated heterocycles. The number of ether oxygens (including phenoxy) is 2. The zero-order valence-corrected chi connectivity index (χ0v) is 16.0. The number of carbonyl (C=O) groups is 1. The summed E-state index contributed by atoms with van der Waals surface area (Å²) in [5, 5.41) is 6.11. The minimum Gasteiger partial charge on any atom is -0.497 e. The van der Waals surface area contributed by atoms with Crippen molar-refractivity contribution in [3.63, 3.8) is 0 Å². The summed E-state index contributed by atoms with van der Waals surface area (Å²) in [7, 11) is 1.63. The lowest BCUT2D eigenvalue weighted by atomic mass is 10.2. The quantitative estimate of drug-likeness (QED) is 0.479. The Bertz CT molecular complexity index is 1090. The smallest absolute Gasteiger partial charge is 0.229 e. The molecule has 0 unspecified atom stereocenters. The summed E-state index contributed by atoms with van der Waals surface area (Å²) in [4.78, 5) is 16.5. The molecular weight excluding hydrogens is 376 g/mol. The van der Waals surface area contributed by atoms with Gasteiger partial charge in [-0.15, -0.1) is 11.3 Å². The van der Waals surface area contributed by atoms with Crippen molar-refractivity contribution in [2.75, 3.05) is 19.0 Å². The Kier molecular flexibility index (Phi) is 5.25. The molecule has 0 radical (unpaired) electrons. The Morgan fingerprint density at radius 3 is 2.82 bits per heavy atom. The minimum absolute atomic E-state index is 0.147. The first-order chi connectivity index (χ1) is 13.7. The molecule has 28 heavy (non-hydrogen) atoms. The number of nitrogens with one attached hydrogen (secondary N) is 1. The molecule has 7 heteroatoms. The van der Waals surface area contributed by atoms with Crippen LogP contribution in [0.3, 0.4) is 0 Å². The van der Waals surface area contributed by atoms with E-state index in [2.05, 4.69) is 10.3 Å². The number of anilines is 1. The SMILES string of the molecule is COc1ccc2oc(-c3csc(NC(=O)CCOc4ccccc4)n3)cc2c1. The first-order valence-electron chi connectivity index (χ1n) is 8.72. The Hall–Kier alpha value is -3.32. The third-order valence-corrected chi connectivity index (χ3v) is 4.83. The van der Waals surface area contributed by atoms with Gasteiger partial charge in [0.1, 0.15) is 22.8 Å². The van der Waals surface area contributed by atoms with Crippen LogP contribution in [0.25, 0.3) is 22.4 Å². The molecular formula is C21H18N2O4S. The number of hydrogen-bond acceptors (Lipinski definition) is 6. The van der Waals surface area contributed by atoms with Crippen molar-refractivity contribution < 1.29 is 18.7 Å². The van der Waals surface area contributed by atoms with Crippen molar-refractivity contribution in [1.82, 2.24) is 4.98 Å². The number of rotatable bonds is 7. The summed E-state index contributed by atoms with van der Waals surface area (Å²) in [6.45, 7) is 0.305. The van der Waals surface area contributed by atoms with Crippen molar-refractivity contribution in [2.45, 2.75) is 6.42 Å². The summed E-state index contributed by atoms with van der Waals surface area (Å²) in [5.41, 5.74) is 1.43. The lowest BCUT2D eigenvalue weighted by Crippen LogP contribution is -2.15. The molecule has 2 aromatic carbocycles. The molecule has 0 bridgehead atoms. The summed E-state index contributed by atoms with van der Waals surface area (Å²) < 4.78 is 16.6. The van der Waals surface area contributed by atoms with E-state index in [0.717, 1.165) is 22.5 Å². The standard InChI is InChI=1S/C21H18N2O4S/c1-25-16-7-8-18-14(11-16)12-19(27-18)17-13-28-21(22-17)23-20(24)9-10-26-15-5-3-2-4-6-15/h2-8,11-13H,9-10H2,1H3,(H,22,23,24). The van der Waals surface area contributed by atoms with Crippen LogP contribution in [-0.2, 0) is 4.79 Å². The van der Waals surface area contributed by atoms with Crippen LogP contribution in [0.2, 0.25) is 0 Å². The van der Waals surface area contributed by atoms with Gasteiger partial charge < -0.3 is 19.2 Å². The summed E-state index contributed by atoms with van der Waals surface area (Å²) in [6, 6.07) is 16.9. The van der Waals surface area contributed by atoms with Gasteiger partial charge in [-0.1, -0.05) is 18.2 Å². The van der Waals surface area contributed by atoms with Crippen molar-refractivity contribution in [2.24, 2.45) is 0 Å². The predicted octanol–water partition coefficient (Wildman–Crippen LogP) is 4.97. The van der Waals surface area contributed by atoms with Crippen LogP contribution in [0, 0.1) is 0 Å². The maximum absolute atomic E-state index is 12.1. The largest absolute Gasteiger partial charge is 0.497 e. The molecule has 0 aliphatic carbocycles. The van der Waals surface area contributed by atoms with Crippen molar-refractivity contribution in [3.05, 3.63) is 60.0 Å². The summed E-state index contributed by atoms with van der Waals surface area (Å²) in [6.07, 6.45) is 0.244. The fourth-order valence-electron chi connectivity index (χ4n) is 2.68. The van der Waals surface area contributed by atoms with Gasteiger partial charge in [-0.05, 0) is 36.4 Å². The van der Waals surface area contributed by atoms with Gasteiger partial charge in [-0.2, -0.15) is 0 Å². The third-order valence-electron chi connectivity index (χ3n) is 4.07. The van der Waals surface area contributed by atoms with Gasteiger partial charge in [0, 0.05) is 10.8 Å². The van der Waals surface area contributed by atoms with E-state index >= 15 is 0 Å². The summed E-state index contributed by atoms with van der Waals surface area (Å²) in [5.74, 6) is 2.01. The number of methoxy groups -OCH3 is 1. The van der Waals surface area contributed by atoms with E-state index in [1.54, 1.807) is 7.11 Å². The van der Waals surface area contributed by atoms with Crippen LogP contribution < -0.4 is 14.8 Å². The molecule has 4 rings (SSSR count). The molecule has 0 saturated carbocycles. The van der Waals surface area contributed by atoms with Crippen LogP contribution >= 0.6 is 11.3 Å². The monoisotopic (exact) mass is 394 g/mol. The molecule has 2 heterocycles. The number of carbonyl (C=O) groups excluding carboxylic acids is 1. The molecule has 1 amide bonds. The average Bonchev–Trinajstić information content (AvgIpc) is 3.34. The fraction of sp³-hybridized carbons (Fsp3) is 0.143. The molecule has 1 N–H and O–H groups in total. The minimum atomic E-state index is -0.147. The van der Waals surface area contributed by atoms with Crippen LogP contribution in [-0.4, -0.2) is 24.6 Å². The first-order valence-corrected chi connectivity index (χ1v) is 9.60. The zero-order chi connectivity index (χ0) is 19.3. The number of furan rings is 1. The van der Waals surface area contributed by atoms with E-state index in [-0.39, 0.29) is 12.3 Å². The van der Waals surface area contributed by atoms with E-state index < -0.39 is 0 Å². The highest BCUT2D eigenvalue weighted by Gasteiger charge is 2.12. The molecule has 6 nitrogen and oxygen atoms in total. The third kappa shape index (κ3) is 4.15. The lowest BCUT2D eigenvalue weighted by Gasteiger charge is -2.05. The Morgan fingerprint density at radius 2 is 2.00 bits per heavy atom. The number of benzene rings is 2. The number of thiazole rings is 1. The van der Waals surface area contributed by atoms with E-state index in [0.29, 0.717) is 23.2 Å². The van der Waals surface area contributed by atoms with Crippen molar-refractivity contribution >= 4 is 33.3 Å². The normalized spacial score (nSPS) is 10.8. The molecule has 0 atom stereocenters. The van der Waals surface area contributed by atoms with Gasteiger partial charge in [-0.25, -0.2) is 4.98 Å². The number of fused-ring (bicyclic) bond motifs is 1. The number of para-hydroxylation sites is 1. The van der Waals surface area contributed by atoms with Crippen LogP contribution in [0.15, 0.2) is 64.4 Å². The van der Waals surface area contributed by atoms with Crippen molar-refractivity contribution in [1.29, 1.82) is 0 Å². The second-order valence-corrected chi connectivity index (χ2v) is 6.87. The Morgan fingerprint density at radius 1 is 1.14 bits per heavy atom. The Labute approximate surface area is 165 Å². The van der Waals surface area contributed by atoms with Crippen LogP contribution in [0.4, 0.5) is 5.13 Å². The second-order valence-electron chi connectivity index (χ2n) is 6.01. The number of amides is 1. The van der Waals surface area contributed by atoms with Gasteiger partial charge in [-0.3, -0.25) is 4.79 Å². The van der Waals surface area contributed by atoms with Crippen LogP contribution in [0.1, 0.15) is 6.42 Å². The van der Waals surface area contributed by atoms with Gasteiger partial charge in [0.25, 0.3) is 0 Å². The lowest BCUT2D eigenvalue weighted by molar-refractivity contribution is -0.116. The van der Waals surface area contributed by atoms with E-state index in [1.807, 2.05) is 60.0 Å². The molecule has 4 aromatic rings. The van der Waals surface area contributed by atoms with E-state index in [9.17, 15) is 4.79 Å². The van der Waals surface area contributed by atoms with Gasteiger partial charge in [0.2, 0.25) is 5.91 Å². The second kappa shape index (κ2) is 8.14. The van der Waals surface area contributed by atoms with E-state index in [1.165, 1.54) is 11.3 Å². The average molecular weight is 394 g/mol. The highest BCUT2D eigenvalue weighted by atomic mass is 32.1. The van der Waals surface area contributed by atoms with Crippen molar-refractivity contribution in [3.8, 4) is 23.0 Å². The maximum atomic E-state index is 12.1. The van der Waals surface area contributed by atoms with Crippen LogP contribution in [0.5, 0.6) is 11.5 Å². The van der Waals surface area contributed by atoms with Gasteiger partial charge in [0.05, 0.1) is 20.1 Å². The van der Waals surface area contributed by atoms with Gasteiger partial charge >= 0.3 is 0 Å². The van der Waals surface area contributed by atoms with Gasteiger partial charge in [0.15, 0.2) is 10.9 Å². The topological polar surface area (TPSA) is 73.6 Å². The predicted molar refractivity (Wildman–Crippen MR) is 109 cm³/mol. The highest BCUT2D eigenvalue weighted by Crippen LogP contribution is 2.31. The number of aromatic nitrogens is 1. The van der Waals surface area contributed by atoms with E-state index in [4.69, 9.17) is 13.9 Å². The summed E-state index contributed by atoms with van der Waals surface area (Å²) >= 11 is 1.35. The Balaban J connectivity index is 1.36. The molecule has 142 valence electrons. The zero-order valence-electron chi connectivity index (χ0n) is 15.2. The maximum Gasteiger partial charge on any atom is 0.229 e. The first kappa shape index (κ1) is 18.1. The molecule has 0 aliphatic heterocycles. The molecule has 2 aromatic heterocycles. The molecule has 0 aliphatic rings. The number of nitrogens with zero attached hydrogens (tertiary/aromatic N) is 1.